The van der Waals surface area contributed by atoms with E-state index in [1.165, 1.54) is 7.11 Å². The first-order chi connectivity index (χ1) is 14.6. The Bertz CT molecular complexity index is 1230. The second-order valence-electron chi connectivity index (χ2n) is 6.48. The third-order valence-corrected chi connectivity index (χ3v) is 4.61. The second-order valence-corrected chi connectivity index (χ2v) is 6.48. The normalized spacial score (nSPS) is 11.3. The molecule has 152 valence electrons. The maximum Gasteiger partial charge on any atom is 0.166 e. The Morgan fingerprint density at radius 3 is 2.73 bits per heavy atom. The number of benzene rings is 2. The highest BCUT2D eigenvalue weighted by atomic mass is 16.5. The number of imidazole rings is 1. The van der Waals surface area contributed by atoms with Crippen molar-refractivity contribution in [3.05, 3.63) is 66.4 Å². The van der Waals surface area contributed by atoms with Crippen LogP contribution in [0.4, 0.5) is 5.82 Å². The van der Waals surface area contributed by atoms with Gasteiger partial charge in [-0.15, -0.1) is 0 Å². The largest absolute Gasteiger partial charge is 0.504 e. The summed E-state index contributed by atoms with van der Waals surface area (Å²) < 4.78 is 12.5. The third kappa shape index (κ3) is 3.53. The standard InChI is InChI=1S/C23H21N3O4/c1-3-30-19-13-15(10-11-17(19)27)21-23(26-12-5-4-9-20(26)25-21)24-14-16-7-6-8-18(29-2)22(16)28/h4-14,27-28H,3H2,1-2H3. The van der Waals surface area contributed by atoms with Gasteiger partial charge in [0.25, 0.3) is 0 Å². The molecular weight excluding hydrogens is 382 g/mol. The lowest BCUT2D eigenvalue weighted by molar-refractivity contribution is 0.318. The van der Waals surface area contributed by atoms with E-state index in [1.54, 1.807) is 42.6 Å². The molecule has 2 heterocycles. The van der Waals surface area contributed by atoms with Crippen LogP contribution in [0.3, 0.4) is 0 Å². The summed E-state index contributed by atoms with van der Waals surface area (Å²) in [6.45, 7) is 2.29. The molecule has 2 aromatic carbocycles. The first-order valence-corrected chi connectivity index (χ1v) is 9.45. The molecule has 0 unspecified atom stereocenters. The molecule has 0 saturated heterocycles. The monoisotopic (exact) mass is 403 g/mol. The lowest BCUT2D eigenvalue weighted by Crippen LogP contribution is -1.92. The van der Waals surface area contributed by atoms with Crippen molar-refractivity contribution in [2.45, 2.75) is 6.92 Å². The lowest BCUT2D eigenvalue weighted by atomic mass is 10.1. The van der Waals surface area contributed by atoms with Crippen molar-refractivity contribution in [3.8, 4) is 34.3 Å². The summed E-state index contributed by atoms with van der Waals surface area (Å²) in [5.74, 6) is 1.42. The first kappa shape index (κ1) is 19.3. The molecule has 0 aliphatic rings. The predicted octanol–water partition coefficient (Wildman–Crippen LogP) is 4.57. The second kappa shape index (κ2) is 8.16. The number of nitrogens with zero attached hydrogens (tertiary/aromatic N) is 3. The van der Waals surface area contributed by atoms with E-state index in [0.29, 0.717) is 35.2 Å². The van der Waals surface area contributed by atoms with Crippen LogP contribution >= 0.6 is 0 Å². The van der Waals surface area contributed by atoms with E-state index in [2.05, 4.69) is 4.99 Å². The Balaban J connectivity index is 1.85. The average molecular weight is 403 g/mol. The van der Waals surface area contributed by atoms with Crippen molar-refractivity contribution in [1.82, 2.24) is 9.38 Å². The number of methoxy groups -OCH3 is 1. The van der Waals surface area contributed by atoms with E-state index in [0.717, 1.165) is 11.2 Å². The van der Waals surface area contributed by atoms with E-state index in [4.69, 9.17) is 14.5 Å². The molecule has 30 heavy (non-hydrogen) atoms. The number of phenols is 2. The zero-order chi connectivity index (χ0) is 21.1. The van der Waals surface area contributed by atoms with E-state index in [-0.39, 0.29) is 11.5 Å². The van der Waals surface area contributed by atoms with Gasteiger partial charge >= 0.3 is 0 Å². The Morgan fingerprint density at radius 2 is 1.93 bits per heavy atom. The highest BCUT2D eigenvalue weighted by molar-refractivity contribution is 5.88. The molecule has 4 aromatic rings. The van der Waals surface area contributed by atoms with Crippen molar-refractivity contribution in [1.29, 1.82) is 0 Å². The van der Waals surface area contributed by atoms with Crippen LogP contribution in [0.25, 0.3) is 16.9 Å². The highest BCUT2D eigenvalue weighted by Crippen LogP contribution is 2.36. The van der Waals surface area contributed by atoms with Gasteiger partial charge in [0.05, 0.1) is 13.7 Å². The van der Waals surface area contributed by atoms with Crippen LogP contribution in [0.2, 0.25) is 0 Å². The average Bonchev–Trinajstić information content (AvgIpc) is 3.13. The number of para-hydroxylation sites is 1. The third-order valence-electron chi connectivity index (χ3n) is 4.61. The summed E-state index contributed by atoms with van der Waals surface area (Å²) >= 11 is 0. The number of ether oxygens (including phenoxy) is 2. The number of fused-ring (bicyclic) bond motifs is 1. The number of hydrogen-bond donors (Lipinski definition) is 2. The Hall–Kier alpha value is -4.00. The van der Waals surface area contributed by atoms with Crippen LogP contribution in [0.5, 0.6) is 23.0 Å². The zero-order valence-electron chi connectivity index (χ0n) is 16.6. The van der Waals surface area contributed by atoms with Crippen LogP contribution in [0.15, 0.2) is 65.8 Å². The fourth-order valence-electron chi connectivity index (χ4n) is 3.17. The van der Waals surface area contributed by atoms with Crippen LogP contribution < -0.4 is 9.47 Å². The summed E-state index contributed by atoms with van der Waals surface area (Å²) in [5.41, 5.74) is 2.62. The number of hydrogen-bond acceptors (Lipinski definition) is 6. The number of aromatic hydroxyl groups is 2. The van der Waals surface area contributed by atoms with Gasteiger partial charge in [0, 0.05) is 23.5 Å². The molecule has 4 rings (SSSR count). The van der Waals surface area contributed by atoms with Gasteiger partial charge in [-0.2, -0.15) is 0 Å². The van der Waals surface area contributed by atoms with Gasteiger partial charge in [0.1, 0.15) is 11.3 Å². The molecule has 2 aromatic heterocycles. The minimum atomic E-state index is 0.0161. The number of pyridine rings is 1. The van der Waals surface area contributed by atoms with Gasteiger partial charge in [-0.1, -0.05) is 12.1 Å². The van der Waals surface area contributed by atoms with Gasteiger partial charge in [0.2, 0.25) is 0 Å². The fraction of sp³-hybridized carbons (Fsp3) is 0.130. The molecule has 0 aliphatic carbocycles. The number of phenolic OH excluding ortho intramolecular Hbond substituents is 2. The predicted molar refractivity (Wildman–Crippen MR) is 115 cm³/mol. The van der Waals surface area contributed by atoms with E-state index < -0.39 is 0 Å². The van der Waals surface area contributed by atoms with Gasteiger partial charge < -0.3 is 19.7 Å². The van der Waals surface area contributed by atoms with Crippen LogP contribution in [-0.2, 0) is 0 Å². The summed E-state index contributed by atoms with van der Waals surface area (Å²) in [6.07, 6.45) is 3.44. The van der Waals surface area contributed by atoms with Crippen molar-refractivity contribution in [3.63, 3.8) is 0 Å². The molecule has 0 atom stereocenters. The van der Waals surface area contributed by atoms with Crippen molar-refractivity contribution in [2.75, 3.05) is 13.7 Å². The smallest absolute Gasteiger partial charge is 0.166 e. The summed E-state index contributed by atoms with van der Waals surface area (Å²) in [4.78, 5) is 9.34. The van der Waals surface area contributed by atoms with Crippen LogP contribution in [0.1, 0.15) is 12.5 Å². The topological polar surface area (TPSA) is 88.6 Å². The molecule has 0 amide bonds. The number of aliphatic imine (C=N–C) groups is 1. The molecule has 0 fully saturated rings. The van der Waals surface area contributed by atoms with E-state index >= 15 is 0 Å². The maximum atomic E-state index is 10.4. The molecule has 0 spiro atoms. The molecule has 0 radical (unpaired) electrons. The van der Waals surface area contributed by atoms with Crippen LogP contribution in [0, 0.1) is 0 Å². The fourth-order valence-corrected chi connectivity index (χ4v) is 3.17. The summed E-state index contributed by atoms with van der Waals surface area (Å²) in [7, 11) is 1.50. The number of aromatic nitrogens is 2. The quantitative estimate of drug-likeness (QED) is 0.461. The first-order valence-electron chi connectivity index (χ1n) is 9.45. The van der Waals surface area contributed by atoms with Gasteiger partial charge in [-0.3, -0.25) is 4.40 Å². The molecular formula is C23H21N3O4. The zero-order valence-corrected chi connectivity index (χ0v) is 16.6. The SMILES string of the molecule is CCOc1cc(-c2nc3ccccn3c2N=Cc2cccc(OC)c2O)ccc1O. The molecule has 2 N–H and O–H groups in total. The lowest BCUT2D eigenvalue weighted by Gasteiger charge is -2.08. The van der Waals surface area contributed by atoms with Crippen molar-refractivity contribution >= 4 is 17.7 Å². The Labute approximate surface area is 173 Å². The van der Waals surface area contributed by atoms with Crippen molar-refractivity contribution in [2.24, 2.45) is 4.99 Å². The van der Waals surface area contributed by atoms with Gasteiger partial charge in [0.15, 0.2) is 28.8 Å². The van der Waals surface area contributed by atoms with E-state index in [9.17, 15) is 10.2 Å². The summed E-state index contributed by atoms with van der Waals surface area (Å²) in [5, 5.41) is 20.4. The van der Waals surface area contributed by atoms with Gasteiger partial charge in [-0.05, 0) is 49.4 Å². The minimum absolute atomic E-state index is 0.0161. The molecule has 0 saturated carbocycles. The van der Waals surface area contributed by atoms with E-state index in [1.807, 2.05) is 35.7 Å². The maximum absolute atomic E-state index is 10.4. The molecule has 7 heteroatoms. The van der Waals surface area contributed by atoms with Crippen molar-refractivity contribution < 1.29 is 19.7 Å². The number of rotatable bonds is 6. The highest BCUT2D eigenvalue weighted by Gasteiger charge is 2.15. The Morgan fingerprint density at radius 1 is 1.07 bits per heavy atom. The van der Waals surface area contributed by atoms with Gasteiger partial charge in [-0.25, -0.2) is 9.98 Å². The summed E-state index contributed by atoms with van der Waals surface area (Å²) in [6, 6.07) is 16.0. The Kier molecular flexibility index (Phi) is 5.26. The molecule has 0 bridgehead atoms. The minimum Gasteiger partial charge on any atom is -0.504 e. The molecule has 7 nitrogen and oxygen atoms in total. The molecule has 0 aliphatic heterocycles. The van der Waals surface area contributed by atoms with Crippen LogP contribution in [-0.4, -0.2) is 39.5 Å².